The fourth-order valence-corrected chi connectivity index (χ4v) is 3.11. The first-order valence-electron chi connectivity index (χ1n) is 7.15. The van der Waals surface area contributed by atoms with Gasteiger partial charge in [-0.05, 0) is 33.2 Å². The molecule has 0 aromatic heterocycles. The van der Waals surface area contributed by atoms with E-state index in [0.29, 0.717) is 13.2 Å². The van der Waals surface area contributed by atoms with Crippen molar-refractivity contribution in [2.75, 3.05) is 26.3 Å². The van der Waals surface area contributed by atoms with E-state index in [1.165, 1.54) is 0 Å². The number of aliphatic carboxylic acids is 1. The average molecular weight is 271 g/mol. The zero-order valence-corrected chi connectivity index (χ0v) is 12.1. The van der Waals surface area contributed by atoms with Crippen LogP contribution in [-0.4, -0.2) is 60.0 Å². The van der Waals surface area contributed by atoms with Crippen LogP contribution < -0.4 is 0 Å². The van der Waals surface area contributed by atoms with Crippen LogP contribution in [0.4, 0.5) is 0 Å². The minimum atomic E-state index is -0.756. The topological polar surface area (TPSA) is 59.0 Å². The molecule has 2 aliphatic rings. The lowest BCUT2D eigenvalue weighted by Gasteiger charge is -2.31. The molecule has 110 valence electrons. The summed E-state index contributed by atoms with van der Waals surface area (Å²) in [5.74, 6) is -1.16. The molecule has 2 aliphatic heterocycles. The number of rotatable bonds is 5. The summed E-state index contributed by atoms with van der Waals surface area (Å²) in [5.41, 5.74) is -0.0392. The molecule has 5 nitrogen and oxygen atoms in total. The molecule has 0 radical (unpaired) electrons. The maximum Gasteiger partial charge on any atom is 0.310 e. The monoisotopic (exact) mass is 271 g/mol. The number of carboxylic acid groups (broad SMARTS) is 1. The van der Waals surface area contributed by atoms with E-state index in [1.54, 1.807) is 0 Å². The van der Waals surface area contributed by atoms with Crippen LogP contribution in [0.2, 0.25) is 0 Å². The van der Waals surface area contributed by atoms with Crippen molar-refractivity contribution in [3.05, 3.63) is 0 Å². The van der Waals surface area contributed by atoms with Crippen LogP contribution in [0.3, 0.4) is 0 Å². The van der Waals surface area contributed by atoms with Crippen molar-refractivity contribution in [1.82, 2.24) is 4.90 Å². The summed E-state index contributed by atoms with van der Waals surface area (Å²) in [6.07, 6.45) is 2.33. The van der Waals surface area contributed by atoms with Crippen molar-refractivity contribution in [3.8, 4) is 0 Å². The van der Waals surface area contributed by atoms with Crippen LogP contribution in [0, 0.1) is 5.92 Å². The van der Waals surface area contributed by atoms with Gasteiger partial charge in [0.25, 0.3) is 0 Å². The minimum absolute atomic E-state index is 0.0187. The van der Waals surface area contributed by atoms with E-state index in [1.807, 2.05) is 0 Å². The van der Waals surface area contributed by atoms with Gasteiger partial charge in [0, 0.05) is 12.6 Å². The molecule has 0 bridgehead atoms. The largest absolute Gasteiger partial charge is 0.481 e. The van der Waals surface area contributed by atoms with E-state index in [9.17, 15) is 9.90 Å². The molecule has 3 atom stereocenters. The SMILES string of the molecule is CCN(CC1CCC(C)(C)O1)C1COCC1C(=O)O. The molecule has 2 heterocycles. The van der Waals surface area contributed by atoms with Gasteiger partial charge in [0.2, 0.25) is 0 Å². The third-order valence-corrected chi connectivity index (χ3v) is 4.24. The molecule has 0 saturated carbocycles. The Hall–Kier alpha value is -0.650. The third-order valence-electron chi connectivity index (χ3n) is 4.24. The highest BCUT2D eigenvalue weighted by atomic mass is 16.5. The van der Waals surface area contributed by atoms with Crippen molar-refractivity contribution in [2.45, 2.75) is 51.4 Å². The molecular formula is C14H25NO4. The Labute approximate surface area is 114 Å². The number of carbonyl (C=O) groups is 1. The van der Waals surface area contributed by atoms with Gasteiger partial charge in [0.05, 0.1) is 30.8 Å². The number of hydrogen-bond acceptors (Lipinski definition) is 4. The number of likely N-dealkylation sites (N-methyl/N-ethyl adjacent to an activating group) is 1. The standard InChI is InChI=1S/C14H25NO4/c1-4-15(7-10-5-6-14(2,3)19-10)12-9-18-8-11(12)13(16)17/h10-12H,4-9H2,1-3H3,(H,16,17). The van der Waals surface area contributed by atoms with E-state index in [2.05, 4.69) is 25.7 Å². The van der Waals surface area contributed by atoms with Gasteiger partial charge in [-0.1, -0.05) is 6.92 Å². The van der Waals surface area contributed by atoms with E-state index in [4.69, 9.17) is 9.47 Å². The number of ether oxygens (including phenoxy) is 2. The molecule has 2 rings (SSSR count). The summed E-state index contributed by atoms with van der Waals surface area (Å²) in [4.78, 5) is 13.4. The highest BCUT2D eigenvalue weighted by molar-refractivity contribution is 5.71. The van der Waals surface area contributed by atoms with Gasteiger partial charge in [-0.25, -0.2) is 0 Å². The van der Waals surface area contributed by atoms with Crippen LogP contribution in [-0.2, 0) is 14.3 Å². The first kappa shape index (κ1) is 14.8. The molecular weight excluding hydrogens is 246 g/mol. The predicted molar refractivity (Wildman–Crippen MR) is 71.2 cm³/mol. The second-order valence-corrected chi connectivity index (χ2v) is 6.18. The van der Waals surface area contributed by atoms with Crippen molar-refractivity contribution < 1.29 is 19.4 Å². The normalized spacial score (nSPS) is 34.0. The average Bonchev–Trinajstić information content (AvgIpc) is 2.92. The van der Waals surface area contributed by atoms with E-state index < -0.39 is 11.9 Å². The Kier molecular flexibility index (Phi) is 4.48. The first-order chi connectivity index (χ1) is 8.93. The van der Waals surface area contributed by atoms with Gasteiger partial charge in [-0.15, -0.1) is 0 Å². The van der Waals surface area contributed by atoms with Crippen LogP contribution in [0.25, 0.3) is 0 Å². The summed E-state index contributed by atoms with van der Waals surface area (Å²) in [7, 11) is 0. The lowest BCUT2D eigenvalue weighted by Crippen LogP contribution is -2.46. The van der Waals surface area contributed by atoms with Crippen molar-refractivity contribution in [3.63, 3.8) is 0 Å². The van der Waals surface area contributed by atoms with Crippen molar-refractivity contribution in [2.24, 2.45) is 5.92 Å². The Morgan fingerprint density at radius 2 is 2.16 bits per heavy atom. The van der Waals surface area contributed by atoms with Crippen LogP contribution in [0.1, 0.15) is 33.6 Å². The number of hydrogen-bond donors (Lipinski definition) is 1. The van der Waals surface area contributed by atoms with Crippen LogP contribution in [0.5, 0.6) is 0 Å². The highest BCUT2D eigenvalue weighted by Gasteiger charge is 2.40. The lowest BCUT2D eigenvalue weighted by molar-refractivity contribution is -0.143. The fraction of sp³-hybridized carbons (Fsp3) is 0.929. The Bertz CT molecular complexity index is 331. The molecule has 2 saturated heterocycles. The summed E-state index contributed by atoms with van der Waals surface area (Å²) >= 11 is 0. The zero-order valence-electron chi connectivity index (χ0n) is 12.1. The molecule has 0 aliphatic carbocycles. The Morgan fingerprint density at radius 3 is 2.68 bits per heavy atom. The molecule has 1 N–H and O–H groups in total. The van der Waals surface area contributed by atoms with Crippen molar-refractivity contribution >= 4 is 5.97 Å². The second-order valence-electron chi connectivity index (χ2n) is 6.18. The third kappa shape index (κ3) is 3.46. The predicted octanol–water partition coefficient (Wildman–Crippen LogP) is 1.37. The van der Waals surface area contributed by atoms with Gasteiger partial charge in [0.15, 0.2) is 0 Å². The Balaban J connectivity index is 1.95. The highest BCUT2D eigenvalue weighted by Crippen LogP contribution is 2.31. The number of carboxylic acids is 1. The molecule has 3 unspecified atom stereocenters. The molecule has 19 heavy (non-hydrogen) atoms. The maximum atomic E-state index is 11.2. The summed E-state index contributed by atoms with van der Waals surface area (Å²) in [6, 6.07) is -0.0187. The summed E-state index contributed by atoms with van der Waals surface area (Å²) in [5, 5.41) is 9.23. The molecule has 0 spiro atoms. The molecule has 5 heteroatoms. The van der Waals surface area contributed by atoms with E-state index in [-0.39, 0.29) is 17.7 Å². The van der Waals surface area contributed by atoms with Gasteiger partial charge in [-0.2, -0.15) is 0 Å². The number of nitrogens with zero attached hydrogens (tertiary/aromatic N) is 1. The molecule has 0 aromatic rings. The minimum Gasteiger partial charge on any atom is -0.481 e. The Morgan fingerprint density at radius 1 is 1.42 bits per heavy atom. The maximum absolute atomic E-state index is 11.2. The quantitative estimate of drug-likeness (QED) is 0.818. The molecule has 0 amide bonds. The molecule has 2 fully saturated rings. The van der Waals surface area contributed by atoms with Crippen LogP contribution >= 0.6 is 0 Å². The second kappa shape index (κ2) is 5.77. The smallest absolute Gasteiger partial charge is 0.310 e. The van der Waals surface area contributed by atoms with Gasteiger partial charge < -0.3 is 14.6 Å². The fourth-order valence-electron chi connectivity index (χ4n) is 3.11. The first-order valence-corrected chi connectivity index (χ1v) is 7.15. The lowest BCUT2D eigenvalue weighted by atomic mass is 10.0. The van der Waals surface area contributed by atoms with Gasteiger partial charge in [0.1, 0.15) is 0 Å². The zero-order chi connectivity index (χ0) is 14.0. The molecule has 0 aromatic carbocycles. The van der Waals surface area contributed by atoms with E-state index >= 15 is 0 Å². The van der Waals surface area contributed by atoms with E-state index in [0.717, 1.165) is 25.9 Å². The van der Waals surface area contributed by atoms with Crippen LogP contribution in [0.15, 0.2) is 0 Å². The van der Waals surface area contributed by atoms with Gasteiger partial charge >= 0.3 is 5.97 Å². The summed E-state index contributed by atoms with van der Waals surface area (Å²) < 4.78 is 11.4. The van der Waals surface area contributed by atoms with Crippen molar-refractivity contribution in [1.29, 1.82) is 0 Å². The summed E-state index contributed by atoms with van der Waals surface area (Å²) in [6.45, 7) is 8.77. The van der Waals surface area contributed by atoms with Gasteiger partial charge in [-0.3, -0.25) is 9.69 Å².